The first kappa shape index (κ1) is 58.8. The van der Waals surface area contributed by atoms with Gasteiger partial charge in [-0.2, -0.15) is 0 Å². The maximum Gasteiger partial charge on any atom is 0.248 e. The zero-order chi connectivity index (χ0) is 52.7. The van der Waals surface area contributed by atoms with Gasteiger partial charge in [-0.05, 0) is 103 Å². The van der Waals surface area contributed by atoms with E-state index in [1.54, 1.807) is 51.6 Å². The Labute approximate surface area is 429 Å². The van der Waals surface area contributed by atoms with Crippen molar-refractivity contribution in [1.29, 1.82) is 0 Å². The van der Waals surface area contributed by atoms with E-state index in [2.05, 4.69) is 44.9 Å². The fraction of sp³-hybridized carbons (Fsp3) is 0.607. The van der Waals surface area contributed by atoms with Crippen molar-refractivity contribution in [3.05, 3.63) is 71.8 Å². The monoisotopic (exact) mass is 995 g/mol. The maximum absolute atomic E-state index is 14.4. The van der Waals surface area contributed by atoms with Crippen molar-refractivity contribution in [3.8, 4) is 23.7 Å². The zero-order valence-electron chi connectivity index (χ0n) is 44.5. The molecule has 16 heteroatoms. The summed E-state index contributed by atoms with van der Waals surface area (Å²) in [6, 6.07) is 16.4. The molecule has 2 fully saturated rings. The van der Waals surface area contributed by atoms with Gasteiger partial charge >= 0.3 is 0 Å². The zero-order valence-corrected chi connectivity index (χ0v) is 44.5. The minimum atomic E-state index is -1.01. The Morgan fingerprint density at radius 1 is 0.583 bits per heavy atom. The predicted molar refractivity (Wildman–Crippen MR) is 280 cm³/mol. The molecule has 0 spiro atoms. The quantitative estimate of drug-likeness (QED) is 0.102. The predicted octanol–water partition coefficient (Wildman–Crippen LogP) is 3.43. The van der Waals surface area contributed by atoms with Gasteiger partial charge in [-0.3, -0.25) is 28.8 Å². The molecule has 0 aromatic heterocycles. The van der Waals surface area contributed by atoms with Crippen molar-refractivity contribution >= 4 is 35.4 Å². The number of ether oxygens (including phenoxy) is 2. The van der Waals surface area contributed by atoms with E-state index in [1.165, 1.54) is 0 Å². The van der Waals surface area contributed by atoms with Gasteiger partial charge < -0.3 is 50.3 Å². The summed E-state index contributed by atoms with van der Waals surface area (Å²) in [7, 11) is 3.34. The van der Waals surface area contributed by atoms with Crippen LogP contribution in [-0.2, 0) is 51.1 Å². The lowest BCUT2D eigenvalue weighted by atomic mass is 10.1. The van der Waals surface area contributed by atoms with Gasteiger partial charge in [0.15, 0.2) is 0 Å². The van der Waals surface area contributed by atoms with Crippen molar-refractivity contribution in [2.45, 2.75) is 142 Å². The molecule has 2 unspecified atom stereocenters. The summed E-state index contributed by atoms with van der Waals surface area (Å²) in [6.07, 6.45) is 2.86. The molecule has 0 radical (unpaired) electrons. The van der Waals surface area contributed by atoms with E-state index in [0.717, 1.165) is 36.8 Å². The Morgan fingerprint density at radius 3 is 1.28 bits per heavy atom. The van der Waals surface area contributed by atoms with Gasteiger partial charge in [-0.1, -0.05) is 100 Å². The molecule has 0 aliphatic carbocycles. The van der Waals surface area contributed by atoms with E-state index in [0.29, 0.717) is 52.1 Å². The van der Waals surface area contributed by atoms with E-state index >= 15 is 0 Å². The molecule has 0 saturated carbocycles. The number of likely N-dealkylation sites (tertiary alicyclic amines) is 2. The number of benzene rings is 2. The highest BCUT2D eigenvalue weighted by Crippen LogP contribution is 2.24. The van der Waals surface area contributed by atoms with Crippen molar-refractivity contribution in [3.63, 3.8) is 0 Å². The van der Waals surface area contributed by atoms with E-state index < -0.39 is 36.4 Å². The number of hydrogen-bond acceptors (Lipinski definition) is 10. The SMILES string of the molecule is CN[C@@H](C)C(=O)N[C@H](C(=O)N1CCC[C@H]1CN(CCc1ccccc1)C(=O)C(C)C)C(C)OCC#CC#CCO[C@H](C)[C@H](NC(=O)[C@H](C)NC)C(=O)N1CCCC1CN(CCc1ccccc1)C(=O)C(C)C. The van der Waals surface area contributed by atoms with Crippen LogP contribution >= 0.6 is 0 Å². The number of rotatable bonds is 26. The lowest BCUT2D eigenvalue weighted by Crippen LogP contribution is -2.59. The topological polar surface area (TPSA) is 182 Å². The minimum absolute atomic E-state index is 0.0289. The number of carbonyl (C=O) groups is 6. The molecule has 8 atom stereocenters. The number of amides is 6. The molecular formula is C56H82N8O8. The largest absolute Gasteiger partial charge is 0.363 e. The highest BCUT2D eigenvalue weighted by Gasteiger charge is 2.40. The average Bonchev–Trinajstić information content (AvgIpc) is 4.06. The Hall–Kier alpha value is -5.78. The summed E-state index contributed by atoms with van der Waals surface area (Å²) in [6.45, 7) is 17.1. The van der Waals surface area contributed by atoms with Crippen LogP contribution in [0.25, 0.3) is 0 Å². The molecule has 2 heterocycles. The second-order valence-electron chi connectivity index (χ2n) is 19.6. The number of hydrogen-bond donors (Lipinski definition) is 4. The number of likely N-dealkylation sites (N-methyl/N-ethyl adjacent to an activating group) is 2. The van der Waals surface area contributed by atoms with Gasteiger partial charge in [-0.25, -0.2) is 0 Å². The maximum atomic E-state index is 14.4. The van der Waals surface area contributed by atoms with E-state index in [-0.39, 0.29) is 72.6 Å². The van der Waals surface area contributed by atoms with Gasteiger partial charge in [0.2, 0.25) is 35.4 Å². The summed E-state index contributed by atoms with van der Waals surface area (Å²) >= 11 is 0. The molecule has 4 N–H and O–H groups in total. The molecule has 2 aromatic rings. The standard InChI is InChI=1S/C56H82N8O8/c1-39(2)53(67)61(33-29-45-23-15-13-16-24-45)37-47-27-21-31-63(47)55(69)49(59-51(65)41(5)57-9)43(7)71-35-19-11-12-20-36-72-44(8)50(60-52(66)42(6)58-10)56(70)64-32-22-28-48(64)38-62(54(68)40(3)4)34-30-46-25-17-14-18-26-46/h13-18,23-26,39-44,47-50,57-58H,21-22,27-38H2,1-10H3,(H,59,65)(H,60,66)/t41-,42-,43+,44?,47?,48-,49-,50-/m0/s1. The van der Waals surface area contributed by atoms with E-state index in [9.17, 15) is 28.8 Å². The molecule has 4 rings (SSSR count). The molecule has 72 heavy (non-hydrogen) atoms. The van der Waals surface area contributed by atoms with Crippen LogP contribution in [-0.4, -0.2) is 170 Å². The van der Waals surface area contributed by atoms with Crippen molar-refractivity contribution in [2.24, 2.45) is 11.8 Å². The van der Waals surface area contributed by atoms with Crippen LogP contribution in [0.5, 0.6) is 0 Å². The second kappa shape index (κ2) is 30.3. The molecule has 6 amide bonds. The average molecular weight is 995 g/mol. The summed E-state index contributed by atoms with van der Waals surface area (Å²) in [5.41, 5.74) is 2.26. The summed E-state index contributed by atoms with van der Waals surface area (Å²) in [4.78, 5) is 89.3. The first-order valence-electron chi connectivity index (χ1n) is 25.9. The lowest BCUT2D eigenvalue weighted by molar-refractivity contribution is -0.143. The van der Waals surface area contributed by atoms with Crippen LogP contribution < -0.4 is 21.3 Å². The first-order valence-corrected chi connectivity index (χ1v) is 25.9. The third-order valence-electron chi connectivity index (χ3n) is 13.6. The highest BCUT2D eigenvalue weighted by molar-refractivity contribution is 5.91. The fourth-order valence-corrected chi connectivity index (χ4v) is 8.91. The van der Waals surface area contributed by atoms with Gasteiger partial charge in [0.1, 0.15) is 25.3 Å². The fourth-order valence-electron chi connectivity index (χ4n) is 8.91. The Bertz CT molecular complexity index is 2030. The summed E-state index contributed by atoms with van der Waals surface area (Å²) in [5.74, 6) is 9.63. The molecule has 2 aliphatic heterocycles. The molecule has 16 nitrogen and oxygen atoms in total. The van der Waals surface area contributed by atoms with Crippen LogP contribution in [0.2, 0.25) is 0 Å². The number of carbonyl (C=O) groups excluding carboxylic acids is 6. The van der Waals surface area contributed by atoms with Crippen molar-refractivity contribution in [2.75, 3.05) is 66.6 Å². The Balaban J connectivity index is 1.39. The highest BCUT2D eigenvalue weighted by atomic mass is 16.5. The molecule has 2 aliphatic rings. The molecule has 394 valence electrons. The third kappa shape index (κ3) is 18.1. The van der Waals surface area contributed by atoms with Crippen LogP contribution in [0.15, 0.2) is 60.7 Å². The number of nitrogens with zero attached hydrogens (tertiary/aromatic N) is 4. The smallest absolute Gasteiger partial charge is 0.248 e. The minimum Gasteiger partial charge on any atom is -0.363 e. The second-order valence-corrected chi connectivity index (χ2v) is 19.6. The molecule has 2 saturated heterocycles. The molecule has 2 aromatic carbocycles. The summed E-state index contributed by atoms with van der Waals surface area (Å²) < 4.78 is 12.1. The van der Waals surface area contributed by atoms with Crippen molar-refractivity contribution < 1.29 is 38.2 Å². The van der Waals surface area contributed by atoms with Gasteiger partial charge in [0.25, 0.3) is 0 Å². The van der Waals surface area contributed by atoms with Gasteiger partial charge in [0, 0.05) is 63.2 Å². The molecular weight excluding hydrogens is 913 g/mol. The van der Waals surface area contributed by atoms with Crippen LogP contribution in [0.4, 0.5) is 0 Å². The van der Waals surface area contributed by atoms with E-state index in [4.69, 9.17) is 9.47 Å². The lowest BCUT2D eigenvalue weighted by Gasteiger charge is -2.35. The third-order valence-corrected chi connectivity index (χ3v) is 13.6. The normalized spacial score (nSPS) is 17.9. The van der Waals surface area contributed by atoms with Gasteiger partial charge in [-0.15, -0.1) is 0 Å². The van der Waals surface area contributed by atoms with Gasteiger partial charge in [0.05, 0.1) is 24.3 Å². The van der Waals surface area contributed by atoms with E-state index in [1.807, 2.05) is 98.2 Å². The summed E-state index contributed by atoms with van der Waals surface area (Å²) in [5, 5.41) is 11.7. The van der Waals surface area contributed by atoms with Crippen LogP contribution in [0.1, 0.15) is 92.2 Å². The number of nitrogens with one attached hydrogen (secondary N) is 4. The van der Waals surface area contributed by atoms with Crippen LogP contribution in [0.3, 0.4) is 0 Å². The first-order chi connectivity index (χ1) is 34.5. The Kier molecular flexibility index (Phi) is 24.7. The Morgan fingerprint density at radius 2 is 0.944 bits per heavy atom. The van der Waals surface area contributed by atoms with Crippen molar-refractivity contribution in [1.82, 2.24) is 40.9 Å². The van der Waals surface area contributed by atoms with Crippen LogP contribution in [0, 0.1) is 35.5 Å². The molecule has 0 bridgehead atoms.